The van der Waals surface area contributed by atoms with Gasteiger partial charge >= 0.3 is 0 Å². The molecule has 0 aliphatic heterocycles. The van der Waals surface area contributed by atoms with E-state index < -0.39 is 11.8 Å². The van der Waals surface area contributed by atoms with E-state index in [1.165, 1.54) is 6.20 Å². The van der Waals surface area contributed by atoms with Crippen LogP contribution in [0.1, 0.15) is 20.8 Å². The van der Waals surface area contributed by atoms with Crippen molar-refractivity contribution >= 4 is 22.7 Å². The van der Waals surface area contributed by atoms with Crippen LogP contribution in [0.3, 0.4) is 0 Å². The van der Waals surface area contributed by atoms with Crippen LogP contribution in [0.25, 0.3) is 22.2 Å². The first-order valence-electron chi connectivity index (χ1n) is 9.21. The number of carbonyl (C=O) groups is 2. The number of rotatable bonds is 4. The lowest BCUT2D eigenvalue weighted by molar-refractivity contribution is 0.0845. The van der Waals surface area contributed by atoms with Crippen molar-refractivity contribution in [3.8, 4) is 17.0 Å². The Labute approximate surface area is 172 Å². The first kappa shape index (κ1) is 19.1. The summed E-state index contributed by atoms with van der Waals surface area (Å²) in [7, 11) is 1.60. The minimum atomic E-state index is -0.502. The van der Waals surface area contributed by atoms with Crippen molar-refractivity contribution in [3.05, 3.63) is 90.3 Å². The second kappa shape index (κ2) is 8.40. The van der Waals surface area contributed by atoms with Crippen LogP contribution < -0.4 is 15.6 Å². The van der Waals surface area contributed by atoms with E-state index in [0.717, 1.165) is 11.3 Å². The minimum Gasteiger partial charge on any atom is -0.497 e. The lowest BCUT2D eigenvalue weighted by atomic mass is 10.0. The zero-order valence-corrected chi connectivity index (χ0v) is 16.1. The molecule has 0 radical (unpaired) electrons. The maximum Gasteiger partial charge on any atom is 0.288 e. The van der Waals surface area contributed by atoms with Crippen LogP contribution in [-0.2, 0) is 0 Å². The number of nitrogens with one attached hydrogen (secondary N) is 2. The Morgan fingerprint density at radius 3 is 2.33 bits per heavy atom. The molecular formula is C23H18N4O3. The van der Waals surface area contributed by atoms with Crippen LogP contribution in [0, 0.1) is 0 Å². The average Bonchev–Trinajstić information content (AvgIpc) is 2.82. The number of para-hydroxylation sites is 1. The molecule has 2 amide bonds. The van der Waals surface area contributed by atoms with Gasteiger partial charge < -0.3 is 4.74 Å². The predicted molar refractivity (Wildman–Crippen MR) is 113 cm³/mol. The van der Waals surface area contributed by atoms with E-state index in [1.54, 1.807) is 31.4 Å². The number of aromatic nitrogens is 2. The second-order valence-corrected chi connectivity index (χ2v) is 6.42. The van der Waals surface area contributed by atoms with Crippen LogP contribution >= 0.6 is 0 Å². The van der Waals surface area contributed by atoms with E-state index in [0.29, 0.717) is 22.2 Å². The third-order valence-corrected chi connectivity index (χ3v) is 4.53. The van der Waals surface area contributed by atoms with Crippen molar-refractivity contribution in [1.29, 1.82) is 0 Å². The molecule has 0 saturated heterocycles. The summed E-state index contributed by atoms with van der Waals surface area (Å²) >= 11 is 0. The van der Waals surface area contributed by atoms with Gasteiger partial charge in [0.1, 0.15) is 11.4 Å². The fourth-order valence-electron chi connectivity index (χ4n) is 3.01. The number of hydrogen-bond donors (Lipinski definition) is 2. The smallest absolute Gasteiger partial charge is 0.288 e. The van der Waals surface area contributed by atoms with Gasteiger partial charge in [0.25, 0.3) is 11.8 Å². The second-order valence-electron chi connectivity index (χ2n) is 6.42. The van der Waals surface area contributed by atoms with Gasteiger partial charge in [-0.25, -0.2) is 4.98 Å². The number of benzene rings is 2. The Hall–Kier alpha value is -4.26. The maximum absolute atomic E-state index is 12.9. The molecule has 148 valence electrons. The normalized spacial score (nSPS) is 10.4. The van der Waals surface area contributed by atoms with Crippen LogP contribution in [0.2, 0.25) is 0 Å². The Balaban J connectivity index is 1.64. The van der Waals surface area contributed by atoms with Crippen molar-refractivity contribution in [2.24, 2.45) is 0 Å². The molecule has 2 N–H and O–H groups in total. The van der Waals surface area contributed by atoms with E-state index in [9.17, 15) is 9.59 Å². The van der Waals surface area contributed by atoms with Crippen LogP contribution in [0.4, 0.5) is 0 Å². The molecule has 7 heteroatoms. The van der Waals surface area contributed by atoms with Gasteiger partial charge in [0.15, 0.2) is 0 Å². The van der Waals surface area contributed by atoms with E-state index in [-0.39, 0.29) is 5.69 Å². The predicted octanol–water partition coefficient (Wildman–Crippen LogP) is 3.38. The van der Waals surface area contributed by atoms with Crippen molar-refractivity contribution in [3.63, 3.8) is 0 Å². The first-order chi connectivity index (χ1) is 14.7. The highest BCUT2D eigenvalue weighted by molar-refractivity contribution is 6.08. The highest BCUT2D eigenvalue weighted by atomic mass is 16.5. The zero-order valence-electron chi connectivity index (χ0n) is 16.1. The van der Waals surface area contributed by atoms with Crippen molar-refractivity contribution in [2.75, 3.05) is 7.11 Å². The molecule has 30 heavy (non-hydrogen) atoms. The number of hydrazine groups is 1. The lowest BCUT2D eigenvalue weighted by Gasteiger charge is -2.11. The Kier molecular flexibility index (Phi) is 5.34. The first-order valence-corrected chi connectivity index (χ1v) is 9.21. The average molecular weight is 398 g/mol. The molecule has 2 aromatic carbocycles. The lowest BCUT2D eigenvalue weighted by Crippen LogP contribution is -2.42. The number of amides is 2. The third kappa shape index (κ3) is 3.95. The number of nitrogens with zero attached hydrogens (tertiary/aromatic N) is 2. The van der Waals surface area contributed by atoms with Crippen LogP contribution in [0.5, 0.6) is 5.75 Å². The van der Waals surface area contributed by atoms with Crippen LogP contribution in [-0.4, -0.2) is 28.9 Å². The highest BCUT2D eigenvalue weighted by Gasteiger charge is 2.15. The number of methoxy groups -OCH3 is 1. The molecule has 0 unspecified atom stereocenters. The summed E-state index contributed by atoms with van der Waals surface area (Å²) in [6, 6.07) is 21.4. The van der Waals surface area contributed by atoms with Gasteiger partial charge in [-0.05, 0) is 48.5 Å². The van der Waals surface area contributed by atoms with Gasteiger partial charge in [-0.15, -0.1) is 0 Å². The van der Waals surface area contributed by atoms with Gasteiger partial charge in [0.2, 0.25) is 0 Å². The van der Waals surface area contributed by atoms with E-state index in [2.05, 4.69) is 20.8 Å². The minimum absolute atomic E-state index is 0.205. The van der Waals surface area contributed by atoms with Crippen molar-refractivity contribution in [1.82, 2.24) is 20.8 Å². The molecule has 0 spiro atoms. The summed E-state index contributed by atoms with van der Waals surface area (Å²) in [5.41, 5.74) is 7.61. The van der Waals surface area contributed by atoms with Crippen molar-refractivity contribution < 1.29 is 14.3 Å². The molecule has 4 rings (SSSR count). The zero-order chi connectivity index (χ0) is 20.9. The summed E-state index contributed by atoms with van der Waals surface area (Å²) in [4.78, 5) is 33.7. The Morgan fingerprint density at radius 2 is 1.60 bits per heavy atom. The molecule has 0 aliphatic carbocycles. The Bertz CT molecular complexity index is 1210. The molecule has 0 saturated carbocycles. The molecule has 0 fully saturated rings. The molecule has 7 nitrogen and oxygen atoms in total. The van der Waals surface area contributed by atoms with Gasteiger partial charge in [-0.3, -0.25) is 25.4 Å². The maximum atomic E-state index is 12.9. The molecular weight excluding hydrogens is 380 g/mol. The molecule has 2 aromatic heterocycles. The summed E-state index contributed by atoms with van der Waals surface area (Å²) in [5, 5.41) is 0.680. The van der Waals surface area contributed by atoms with Gasteiger partial charge in [0, 0.05) is 17.1 Å². The SMILES string of the molecule is COc1ccc(-c2cc(C(=O)NNC(=O)c3ccccn3)c3ccccc3n2)cc1. The van der Waals surface area contributed by atoms with Gasteiger partial charge in [0.05, 0.1) is 23.9 Å². The molecule has 0 aliphatic rings. The van der Waals surface area contributed by atoms with Gasteiger partial charge in [-0.1, -0.05) is 24.3 Å². The summed E-state index contributed by atoms with van der Waals surface area (Å²) in [5.74, 6) is -0.222. The number of fused-ring (bicyclic) bond motifs is 1. The largest absolute Gasteiger partial charge is 0.497 e. The van der Waals surface area contributed by atoms with E-state index in [1.807, 2.05) is 48.5 Å². The number of pyridine rings is 2. The molecule has 0 atom stereocenters. The summed E-state index contributed by atoms with van der Waals surface area (Å²) in [6.07, 6.45) is 1.51. The topological polar surface area (TPSA) is 93.2 Å². The number of carbonyl (C=O) groups excluding carboxylic acids is 2. The quantitative estimate of drug-likeness (QED) is 0.514. The standard InChI is InChI=1S/C23H18N4O3/c1-30-16-11-9-15(10-12-16)21-14-18(17-6-2-3-7-19(17)25-21)22(28)26-27-23(29)20-8-4-5-13-24-20/h2-14H,1H3,(H,26,28)(H,27,29). The number of ether oxygens (including phenoxy) is 1. The van der Waals surface area contributed by atoms with Gasteiger partial charge in [-0.2, -0.15) is 0 Å². The molecule has 4 aromatic rings. The highest BCUT2D eigenvalue weighted by Crippen LogP contribution is 2.26. The molecule has 0 bridgehead atoms. The fraction of sp³-hybridized carbons (Fsp3) is 0.0435. The van der Waals surface area contributed by atoms with Crippen molar-refractivity contribution in [2.45, 2.75) is 0 Å². The van der Waals surface area contributed by atoms with Crippen LogP contribution in [0.15, 0.2) is 79.0 Å². The summed E-state index contributed by atoms with van der Waals surface area (Å²) in [6.45, 7) is 0. The summed E-state index contributed by atoms with van der Waals surface area (Å²) < 4.78 is 5.20. The fourth-order valence-corrected chi connectivity index (χ4v) is 3.01. The Morgan fingerprint density at radius 1 is 0.867 bits per heavy atom. The van der Waals surface area contributed by atoms with E-state index >= 15 is 0 Å². The van der Waals surface area contributed by atoms with E-state index in [4.69, 9.17) is 4.74 Å². The molecule has 2 heterocycles. The monoisotopic (exact) mass is 398 g/mol. The third-order valence-electron chi connectivity index (χ3n) is 4.53. The number of hydrogen-bond acceptors (Lipinski definition) is 5.